The van der Waals surface area contributed by atoms with Gasteiger partial charge in [0.25, 0.3) is 5.91 Å². The van der Waals surface area contributed by atoms with Crippen molar-refractivity contribution in [2.75, 3.05) is 18.5 Å². The fourth-order valence-electron chi connectivity index (χ4n) is 5.69. The number of esters is 1. The topological polar surface area (TPSA) is 119 Å². The Balaban J connectivity index is 1.19. The highest BCUT2D eigenvalue weighted by molar-refractivity contribution is 6.08. The van der Waals surface area contributed by atoms with Gasteiger partial charge in [-0.3, -0.25) is 24.1 Å². The van der Waals surface area contributed by atoms with Crippen LogP contribution in [0.1, 0.15) is 30.1 Å². The molecule has 9 nitrogen and oxygen atoms in total. The maximum atomic E-state index is 13.1. The van der Waals surface area contributed by atoms with Gasteiger partial charge in [-0.1, -0.05) is 35.5 Å². The Labute approximate surface area is 184 Å². The zero-order valence-electron chi connectivity index (χ0n) is 17.5. The molecule has 1 aromatic carbocycles. The summed E-state index contributed by atoms with van der Waals surface area (Å²) >= 11 is 0. The first-order chi connectivity index (χ1) is 15.4. The molecule has 0 spiro atoms. The Hall–Kier alpha value is -3.49. The molecule has 3 amide bonds. The third-order valence-corrected chi connectivity index (χ3v) is 6.88. The normalized spacial score (nSPS) is 28.2. The van der Waals surface area contributed by atoms with Crippen molar-refractivity contribution >= 4 is 29.5 Å². The number of carbonyl (C=O) groups is 4. The van der Waals surface area contributed by atoms with Crippen molar-refractivity contribution in [1.82, 2.24) is 10.1 Å². The maximum Gasteiger partial charge on any atom is 0.326 e. The number of fused-ring (bicyclic) bond motifs is 5. The van der Waals surface area contributed by atoms with Crippen LogP contribution < -0.4 is 5.32 Å². The van der Waals surface area contributed by atoms with Gasteiger partial charge in [0.05, 0.1) is 11.8 Å². The van der Waals surface area contributed by atoms with Crippen LogP contribution in [-0.2, 0) is 23.9 Å². The number of aryl methyl sites for hydroxylation is 1. The van der Waals surface area contributed by atoms with E-state index < -0.39 is 25.0 Å². The van der Waals surface area contributed by atoms with Gasteiger partial charge in [0, 0.05) is 6.07 Å². The second kappa shape index (κ2) is 7.89. The lowest BCUT2D eigenvalue weighted by atomic mass is 9.73. The molecule has 5 rings (SSSR count). The largest absolute Gasteiger partial charge is 0.454 e. The number of amides is 3. The quantitative estimate of drug-likeness (QED) is 0.541. The van der Waals surface area contributed by atoms with Gasteiger partial charge < -0.3 is 14.6 Å². The van der Waals surface area contributed by atoms with Crippen LogP contribution in [0.4, 0.5) is 5.82 Å². The molecular weight excluding hydrogens is 414 g/mol. The standard InChI is InChI=1S/C23H23N3O6/c1-12-7-17(25-32-12)24-18(27)11-31-19(28)10-26-22(29)20-14-8-15(13-5-3-2-4-6-13)16(9-14)21(20)23(26)30/h2-7,14-16,20-21H,8-11H2,1H3,(H,24,25,27)/t14-,15+,16+,20+,21+/m0/s1. The molecule has 1 aliphatic heterocycles. The smallest absolute Gasteiger partial charge is 0.326 e. The van der Waals surface area contributed by atoms with Gasteiger partial charge in [-0.05, 0) is 43.1 Å². The van der Waals surface area contributed by atoms with Crippen molar-refractivity contribution in [2.24, 2.45) is 23.7 Å². The van der Waals surface area contributed by atoms with Gasteiger partial charge in [-0.25, -0.2) is 0 Å². The molecule has 0 unspecified atom stereocenters. The van der Waals surface area contributed by atoms with E-state index in [1.807, 2.05) is 18.2 Å². The first-order valence-electron chi connectivity index (χ1n) is 10.7. The van der Waals surface area contributed by atoms with Gasteiger partial charge >= 0.3 is 5.97 Å². The lowest BCUT2D eigenvalue weighted by molar-refractivity contribution is -0.154. The lowest BCUT2D eigenvalue weighted by Crippen LogP contribution is -2.38. The van der Waals surface area contributed by atoms with Crippen LogP contribution in [0.25, 0.3) is 0 Å². The second-order valence-corrected chi connectivity index (χ2v) is 8.76. The van der Waals surface area contributed by atoms with E-state index in [0.717, 1.165) is 17.7 Å². The van der Waals surface area contributed by atoms with Gasteiger partial charge in [-0.2, -0.15) is 0 Å². The van der Waals surface area contributed by atoms with Gasteiger partial charge in [-0.15, -0.1) is 0 Å². The summed E-state index contributed by atoms with van der Waals surface area (Å²) in [5.41, 5.74) is 1.20. The Morgan fingerprint density at radius 3 is 2.62 bits per heavy atom. The molecule has 2 bridgehead atoms. The molecule has 1 aromatic heterocycles. The fraction of sp³-hybridized carbons (Fsp3) is 0.435. The first kappa shape index (κ1) is 20.4. The predicted molar refractivity (Wildman–Crippen MR) is 110 cm³/mol. The number of nitrogens with zero attached hydrogens (tertiary/aromatic N) is 2. The number of anilines is 1. The minimum absolute atomic E-state index is 0.113. The maximum absolute atomic E-state index is 13.1. The molecule has 166 valence electrons. The summed E-state index contributed by atoms with van der Waals surface area (Å²) < 4.78 is 9.81. The first-order valence-corrected chi connectivity index (χ1v) is 10.7. The highest BCUT2D eigenvalue weighted by atomic mass is 16.5. The zero-order chi connectivity index (χ0) is 22.4. The molecular formula is C23H23N3O6. The number of carbonyl (C=O) groups excluding carboxylic acids is 4. The number of hydrogen-bond acceptors (Lipinski definition) is 7. The summed E-state index contributed by atoms with van der Waals surface area (Å²) in [7, 11) is 0. The number of hydrogen-bond donors (Lipinski definition) is 1. The molecule has 32 heavy (non-hydrogen) atoms. The zero-order valence-corrected chi connectivity index (χ0v) is 17.5. The molecule has 1 saturated heterocycles. The summed E-state index contributed by atoms with van der Waals surface area (Å²) in [6.07, 6.45) is 1.75. The molecule has 3 fully saturated rings. The summed E-state index contributed by atoms with van der Waals surface area (Å²) in [4.78, 5) is 51.2. The van der Waals surface area contributed by atoms with E-state index in [1.54, 1.807) is 6.92 Å². The average Bonchev–Trinajstić information content (AvgIpc) is 3.53. The van der Waals surface area contributed by atoms with Crippen molar-refractivity contribution in [2.45, 2.75) is 25.7 Å². The van der Waals surface area contributed by atoms with Crippen molar-refractivity contribution in [3.05, 3.63) is 47.7 Å². The van der Waals surface area contributed by atoms with Crippen LogP contribution in [0.5, 0.6) is 0 Å². The van der Waals surface area contributed by atoms with E-state index in [4.69, 9.17) is 9.26 Å². The lowest BCUT2D eigenvalue weighted by Gasteiger charge is -2.28. The summed E-state index contributed by atoms with van der Waals surface area (Å²) in [6, 6.07) is 11.6. The molecule has 2 saturated carbocycles. The number of ether oxygens (including phenoxy) is 1. The molecule has 5 atom stereocenters. The monoisotopic (exact) mass is 437 g/mol. The van der Waals surface area contributed by atoms with Gasteiger partial charge in [0.15, 0.2) is 12.4 Å². The molecule has 2 heterocycles. The number of rotatable bonds is 6. The third kappa shape index (κ3) is 3.47. The van der Waals surface area contributed by atoms with Crippen molar-refractivity contribution in [3.8, 4) is 0 Å². The van der Waals surface area contributed by atoms with Crippen molar-refractivity contribution in [1.29, 1.82) is 0 Å². The average molecular weight is 437 g/mol. The van der Waals surface area contributed by atoms with Crippen LogP contribution in [0, 0.1) is 30.6 Å². The molecule has 0 radical (unpaired) electrons. The van der Waals surface area contributed by atoms with E-state index >= 15 is 0 Å². The fourth-order valence-corrected chi connectivity index (χ4v) is 5.69. The Morgan fingerprint density at radius 1 is 1.16 bits per heavy atom. The number of aromatic nitrogens is 1. The van der Waals surface area contributed by atoms with Gasteiger partial charge in [0.2, 0.25) is 11.8 Å². The summed E-state index contributed by atoms with van der Waals surface area (Å²) in [6.45, 7) is 0.655. The highest BCUT2D eigenvalue weighted by Crippen LogP contribution is 2.61. The van der Waals surface area contributed by atoms with E-state index in [0.29, 0.717) is 5.76 Å². The number of nitrogens with one attached hydrogen (secondary N) is 1. The molecule has 1 N–H and O–H groups in total. The van der Waals surface area contributed by atoms with Crippen LogP contribution in [0.15, 0.2) is 40.9 Å². The minimum Gasteiger partial charge on any atom is -0.454 e. The predicted octanol–water partition coefficient (Wildman–Crippen LogP) is 1.89. The van der Waals surface area contributed by atoms with E-state index in [1.165, 1.54) is 11.6 Å². The molecule has 3 aliphatic rings. The van der Waals surface area contributed by atoms with Crippen LogP contribution in [0.2, 0.25) is 0 Å². The SMILES string of the molecule is Cc1cc(NC(=O)COC(=O)CN2C(=O)[C@@H]3[C@@H]4C[C@@H]([C@H]3C2=O)[C@@H](c2ccccc2)C4)no1. The third-order valence-electron chi connectivity index (χ3n) is 6.88. The van der Waals surface area contributed by atoms with E-state index in [9.17, 15) is 19.2 Å². The van der Waals surface area contributed by atoms with Crippen LogP contribution in [-0.4, -0.2) is 46.9 Å². The van der Waals surface area contributed by atoms with Crippen molar-refractivity contribution < 1.29 is 28.4 Å². The number of imide groups is 1. The molecule has 2 aliphatic carbocycles. The minimum atomic E-state index is -0.801. The number of benzene rings is 1. The Morgan fingerprint density at radius 2 is 1.91 bits per heavy atom. The second-order valence-electron chi connectivity index (χ2n) is 8.76. The highest BCUT2D eigenvalue weighted by Gasteiger charge is 2.64. The van der Waals surface area contributed by atoms with Crippen LogP contribution >= 0.6 is 0 Å². The van der Waals surface area contributed by atoms with E-state index in [2.05, 4.69) is 22.6 Å². The van der Waals surface area contributed by atoms with Crippen LogP contribution in [0.3, 0.4) is 0 Å². The van der Waals surface area contributed by atoms with Gasteiger partial charge in [0.1, 0.15) is 12.3 Å². The Kier molecular flexibility index (Phi) is 5.03. The summed E-state index contributed by atoms with van der Waals surface area (Å²) in [5.74, 6) is -1.44. The van der Waals surface area contributed by atoms with E-state index in [-0.39, 0.29) is 47.2 Å². The Bertz CT molecular complexity index is 1080. The van der Waals surface area contributed by atoms with Crippen molar-refractivity contribution in [3.63, 3.8) is 0 Å². The molecule has 2 aromatic rings. The number of likely N-dealkylation sites (tertiary alicyclic amines) is 1. The molecule has 9 heteroatoms. The summed E-state index contributed by atoms with van der Waals surface area (Å²) in [5, 5.41) is 6.05.